The van der Waals surface area contributed by atoms with Crippen LogP contribution in [0.3, 0.4) is 0 Å². The van der Waals surface area contributed by atoms with E-state index in [-0.39, 0.29) is 31.1 Å². The van der Waals surface area contributed by atoms with Crippen molar-refractivity contribution in [2.24, 2.45) is 0 Å². The predicted molar refractivity (Wildman–Crippen MR) is 72.7 cm³/mol. The van der Waals surface area contributed by atoms with Gasteiger partial charge in [0, 0.05) is 6.54 Å². The Morgan fingerprint density at radius 1 is 1.37 bits per heavy atom. The molecule has 2 aliphatic rings. The average Bonchev–Trinajstić information content (AvgIpc) is 3.05. The van der Waals surface area contributed by atoms with Crippen molar-refractivity contribution >= 4 is 18.3 Å². The van der Waals surface area contributed by atoms with E-state index < -0.39 is 0 Å². The monoisotopic (exact) mass is 284 g/mol. The van der Waals surface area contributed by atoms with Crippen LogP contribution in [0.1, 0.15) is 18.4 Å². The van der Waals surface area contributed by atoms with Crippen LogP contribution in [-0.2, 0) is 11.3 Å². The van der Waals surface area contributed by atoms with E-state index in [1.807, 2.05) is 18.2 Å². The maximum absolute atomic E-state index is 11.8. The molecule has 0 unspecified atom stereocenters. The first-order valence-electron chi connectivity index (χ1n) is 6.22. The number of rotatable bonds is 3. The molecular formula is C13H17ClN2O3. The van der Waals surface area contributed by atoms with Gasteiger partial charge in [0.15, 0.2) is 11.5 Å². The van der Waals surface area contributed by atoms with Crippen LogP contribution in [0.2, 0.25) is 0 Å². The van der Waals surface area contributed by atoms with Gasteiger partial charge in [-0.2, -0.15) is 0 Å². The van der Waals surface area contributed by atoms with Crippen LogP contribution < -0.4 is 20.1 Å². The summed E-state index contributed by atoms with van der Waals surface area (Å²) in [6.45, 7) is 1.73. The molecule has 1 saturated heterocycles. The summed E-state index contributed by atoms with van der Waals surface area (Å²) in [6.07, 6.45) is 2.00. The van der Waals surface area contributed by atoms with Crippen molar-refractivity contribution < 1.29 is 14.3 Å². The molecule has 1 aromatic carbocycles. The van der Waals surface area contributed by atoms with Crippen molar-refractivity contribution in [3.63, 3.8) is 0 Å². The molecule has 0 aliphatic carbocycles. The number of carbonyl (C=O) groups excluding carboxylic acids is 1. The van der Waals surface area contributed by atoms with Gasteiger partial charge in [-0.25, -0.2) is 0 Å². The highest BCUT2D eigenvalue weighted by molar-refractivity contribution is 5.85. The zero-order valence-electron chi connectivity index (χ0n) is 10.5. The fourth-order valence-electron chi connectivity index (χ4n) is 2.27. The summed E-state index contributed by atoms with van der Waals surface area (Å²) in [7, 11) is 0. The number of ether oxygens (including phenoxy) is 2. The Labute approximate surface area is 118 Å². The number of hydrogen-bond acceptors (Lipinski definition) is 4. The fourth-order valence-corrected chi connectivity index (χ4v) is 2.27. The third-order valence-corrected chi connectivity index (χ3v) is 3.28. The molecule has 2 N–H and O–H groups in total. The Morgan fingerprint density at radius 2 is 2.21 bits per heavy atom. The Balaban J connectivity index is 0.00000133. The first kappa shape index (κ1) is 14.0. The highest BCUT2D eigenvalue weighted by Gasteiger charge is 2.21. The lowest BCUT2D eigenvalue weighted by Gasteiger charge is -2.11. The smallest absolute Gasteiger partial charge is 0.237 e. The lowest BCUT2D eigenvalue weighted by molar-refractivity contribution is -0.122. The zero-order valence-corrected chi connectivity index (χ0v) is 11.3. The van der Waals surface area contributed by atoms with Gasteiger partial charge in [0.2, 0.25) is 12.7 Å². The van der Waals surface area contributed by atoms with Crippen LogP contribution in [0.25, 0.3) is 0 Å². The molecule has 0 aromatic heterocycles. The molecule has 2 heterocycles. The highest BCUT2D eigenvalue weighted by Crippen LogP contribution is 2.32. The maximum atomic E-state index is 11.8. The van der Waals surface area contributed by atoms with Gasteiger partial charge < -0.3 is 20.1 Å². The van der Waals surface area contributed by atoms with Gasteiger partial charge in [0.25, 0.3) is 0 Å². The molecule has 1 atom stereocenters. The van der Waals surface area contributed by atoms with Gasteiger partial charge in [-0.15, -0.1) is 12.4 Å². The first-order chi connectivity index (χ1) is 8.83. The minimum absolute atomic E-state index is 0. The lowest BCUT2D eigenvalue weighted by atomic mass is 10.2. The second-order valence-electron chi connectivity index (χ2n) is 4.55. The number of nitrogens with one attached hydrogen (secondary N) is 2. The van der Waals surface area contributed by atoms with E-state index in [4.69, 9.17) is 9.47 Å². The topological polar surface area (TPSA) is 59.6 Å². The lowest BCUT2D eigenvalue weighted by Crippen LogP contribution is -2.39. The van der Waals surface area contributed by atoms with Gasteiger partial charge in [-0.3, -0.25) is 4.79 Å². The molecule has 0 spiro atoms. The van der Waals surface area contributed by atoms with Crippen LogP contribution >= 0.6 is 12.4 Å². The molecule has 104 valence electrons. The van der Waals surface area contributed by atoms with Crippen molar-refractivity contribution in [3.05, 3.63) is 23.8 Å². The van der Waals surface area contributed by atoms with E-state index in [0.717, 1.165) is 36.4 Å². The highest BCUT2D eigenvalue weighted by atomic mass is 35.5. The zero-order chi connectivity index (χ0) is 12.4. The first-order valence-corrected chi connectivity index (χ1v) is 6.22. The van der Waals surface area contributed by atoms with Gasteiger partial charge in [0.05, 0.1) is 6.04 Å². The molecule has 1 aromatic rings. The molecule has 1 fully saturated rings. The summed E-state index contributed by atoms with van der Waals surface area (Å²) in [5.41, 5.74) is 1.02. The van der Waals surface area contributed by atoms with Crippen LogP contribution in [-0.4, -0.2) is 25.3 Å². The Hall–Kier alpha value is -1.46. The third kappa shape index (κ3) is 3.11. The number of amides is 1. The molecule has 19 heavy (non-hydrogen) atoms. The Bertz CT molecular complexity index is 461. The molecule has 1 amide bonds. The van der Waals surface area contributed by atoms with E-state index in [2.05, 4.69) is 10.6 Å². The number of carbonyl (C=O) groups is 1. The quantitative estimate of drug-likeness (QED) is 0.876. The summed E-state index contributed by atoms with van der Waals surface area (Å²) >= 11 is 0. The Kier molecular flexibility index (Phi) is 4.50. The van der Waals surface area contributed by atoms with Crippen LogP contribution in [0, 0.1) is 0 Å². The SMILES string of the molecule is Cl.O=C(NCc1ccc2c(c1)OCO2)[C@@H]1CCCN1. The second kappa shape index (κ2) is 6.12. The molecule has 6 heteroatoms. The summed E-state index contributed by atoms with van der Waals surface area (Å²) in [6, 6.07) is 5.69. The van der Waals surface area contributed by atoms with E-state index in [1.54, 1.807) is 0 Å². The van der Waals surface area contributed by atoms with Gasteiger partial charge in [0.1, 0.15) is 0 Å². The average molecular weight is 285 g/mol. The molecule has 0 radical (unpaired) electrons. The van der Waals surface area contributed by atoms with E-state index >= 15 is 0 Å². The van der Waals surface area contributed by atoms with Crippen LogP contribution in [0.4, 0.5) is 0 Å². The summed E-state index contributed by atoms with van der Waals surface area (Å²) < 4.78 is 10.5. The summed E-state index contributed by atoms with van der Waals surface area (Å²) in [5, 5.41) is 6.11. The van der Waals surface area contributed by atoms with E-state index in [1.165, 1.54) is 0 Å². The number of fused-ring (bicyclic) bond motifs is 1. The largest absolute Gasteiger partial charge is 0.454 e. The summed E-state index contributed by atoms with van der Waals surface area (Å²) in [5.74, 6) is 1.59. The molecule has 2 aliphatic heterocycles. The second-order valence-corrected chi connectivity index (χ2v) is 4.55. The number of hydrogen-bond donors (Lipinski definition) is 2. The van der Waals surface area contributed by atoms with Crippen molar-refractivity contribution in [1.29, 1.82) is 0 Å². The minimum Gasteiger partial charge on any atom is -0.454 e. The predicted octanol–water partition coefficient (Wildman–Crippen LogP) is 1.21. The third-order valence-electron chi connectivity index (χ3n) is 3.28. The van der Waals surface area contributed by atoms with Crippen molar-refractivity contribution in [2.45, 2.75) is 25.4 Å². The normalized spacial score (nSPS) is 19.9. The van der Waals surface area contributed by atoms with Crippen molar-refractivity contribution in [3.8, 4) is 11.5 Å². The number of halogens is 1. The molecule has 5 nitrogen and oxygen atoms in total. The van der Waals surface area contributed by atoms with Gasteiger partial charge >= 0.3 is 0 Å². The maximum Gasteiger partial charge on any atom is 0.237 e. The van der Waals surface area contributed by atoms with E-state index in [0.29, 0.717) is 6.54 Å². The van der Waals surface area contributed by atoms with Crippen molar-refractivity contribution in [2.75, 3.05) is 13.3 Å². The fraction of sp³-hybridized carbons (Fsp3) is 0.462. The molecular weight excluding hydrogens is 268 g/mol. The Morgan fingerprint density at radius 3 is 3.00 bits per heavy atom. The van der Waals surface area contributed by atoms with Crippen LogP contribution in [0.5, 0.6) is 11.5 Å². The number of benzene rings is 1. The molecule has 3 rings (SSSR count). The minimum atomic E-state index is -0.0287. The van der Waals surface area contributed by atoms with E-state index in [9.17, 15) is 4.79 Å². The summed E-state index contributed by atoms with van der Waals surface area (Å²) in [4.78, 5) is 11.8. The van der Waals surface area contributed by atoms with Gasteiger partial charge in [-0.1, -0.05) is 6.07 Å². The standard InChI is InChI=1S/C13H16N2O3.ClH/c16-13(10-2-1-5-14-10)15-7-9-3-4-11-12(6-9)18-8-17-11;/h3-4,6,10,14H,1-2,5,7-8H2,(H,15,16);1H/t10-;/m0./s1. The van der Waals surface area contributed by atoms with Crippen LogP contribution in [0.15, 0.2) is 18.2 Å². The van der Waals surface area contributed by atoms with Gasteiger partial charge in [-0.05, 0) is 37.1 Å². The molecule has 0 bridgehead atoms. The molecule has 0 saturated carbocycles. The van der Waals surface area contributed by atoms with Crippen molar-refractivity contribution in [1.82, 2.24) is 10.6 Å².